The molecule has 2 aromatic rings. The SMILES string of the molecule is O=C(NCC(c1cccs1)N1CCCC1)C1CCN(S(=O)(=O)c2ccccc2F)CC1. The first-order chi connectivity index (χ1) is 15.0. The van der Waals surface area contributed by atoms with Crippen LogP contribution in [0.2, 0.25) is 0 Å². The van der Waals surface area contributed by atoms with Crippen LogP contribution >= 0.6 is 11.3 Å². The summed E-state index contributed by atoms with van der Waals surface area (Å²) in [6.07, 6.45) is 3.25. The molecule has 0 radical (unpaired) electrons. The lowest BCUT2D eigenvalue weighted by molar-refractivity contribution is -0.126. The quantitative estimate of drug-likeness (QED) is 0.682. The number of amides is 1. The summed E-state index contributed by atoms with van der Waals surface area (Å²) in [4.78, 5) is 16.2. The van der Waals surface area contributed by atoms with E-state index in [4.69, 9.17) is 0 Å². The fourth-order valence-corrected chi connectivity index (χ4v) is 6.83. The molecule has 0 saturated carbocycles. The molecule has 2 aliphatic rings. The predicted octanol–water partition coefficient (Wildman–Crippen LogP) is 3.24. The van der Waals surface area contributed by atoms with Gasteiger partial charge in [0.05, 0.1) is 6.04 Å². The first-order valence-electron chi connectivity index (χ1n) is 10.8. The van der Waals surface area contributed by atoms with Crippen molar-refractivity contribution >= 4 is 27.3 Å². The van der Waals surface area contributed by atoms with Crippen LogP contribution in [0.25, 0.3) is 0 Å². The molecule has 1 aromatic heterocycles. The maximum Gasteiger partial charge on any atom is 0.245 e. The van der Waals surface area contributed by atoms with Crippen LogP contribution in [0.15, 0.2) is 46.7 Å². The van der Waals surface area contributed by atoms with Crippen molar-refractivity contribution in [3.63, 3.8) is 0 Å². The molecule has 3 heterocycles. The van der Waals surface area contributed by atoms with Gasteiger partial charge < -0.3 is 5.32 Å². The zero-order chi connectivity index (χ0) is 21.8. The summed E-state index contributed by atoms with van der Waals surface area (Å²) >= 11 is 1.71. The number of nitrogens with zero attached hydrogens (tertiary/aromatic N) is 2. The van der Waals surface area contributed by atoms with Gasteiger partial charge in [-0.2, -0.15) is 4.31 Å². The average molecular weight is 466 g/mol. The Morgan fingerprint density at radius 3 is 2.45 bits per heavy atom. The van der Waals surface area contributed by atoms with Gasteiger partial charge in [-0.05, 0) is 62.4 Å². The lowest BCUT2D eigenvalue weighted by Gasteiger charge is -2.32. The van der Waals surface area contributed by atoms with Crippen molar-refractivity contribution in [1.82, 2.24) is 14.5 Å². The van der Waals surface area contributed by atoms with E-state index in [-0.39, 0.29) is 35.9 Å². The number of rotatable bonds is 7. The minimum Gasteiger partial charge on any atom is -0.354 e. The molecule has 0 bridgehead atoms. The van der Waals surface area contributed by atoms with Crippen LogP contribution in [0.5, 0.6) is 0 Å². The Morgan fingerprint density at radius 1 is 1.10 bits per heavy atom. The summed E-state index contributed by atoms with van der Waals surface area (Å²) in [5.41, 5.74) is 0. The Balaban J connectivity index is 1.33. The zero-order valence-electron chi connectivity index (χ0n) is 17.4. The van der Waals surface area contributed by atoms with Gasteiger partial charge in [-0.3, -0.25) is 9.69 Å². The van der Waals surface area contributed by atoms with Crippen molar-refractivity contribution in [2.45, 2.75) is 36.6 Å². The van der Waals surface area contributed by atoms with Gasteiger partial charge in [0.15, 0.2) is 0 Å². The van der Waals surface area contributed by atoms with Crippen LogP contribution in [0.1, 0.15) is 36.6 Å². The van der Waals surface area contributed by atoms with E-state index in [1.807, 2.05) is 6.07 Å². The third-order valence-corrected chi connectivity index (χ3v) is 9.11. The van der Waals surface area contributed by atoms with Gasteiger partial charge in [0.2, 0.25) is 15.9 Å². The van der Waals surface area contributed by atoms with Crippen LogP contribution in [0.4, 0.5) is 4.39 Å². The summed E-state index contributed by atoms with van der Waals surface area (Å²) in [5.74, 6) is -0.998. The van der Waals surface area contributed by atoms with Gasteiger partial charge in [-0.1, -0.05) is 18.2 Å². The third-order valence-electron chi connectivity index (χ3n) is 6.20. The maximum atomic E-state index is 14.0. The molecule has 168 valence electrons. The highest BCUT2D eigenvalue weighted by atomic mass is 32.2. The topological polar surface area (TPSA) is 69.7 Å². The monoisotopic (exact) mass is 465 g/mol. The van der Waals surface area contributed by atoms with Gasteiger partial charge in [0, 0.05) is 30.4 Å². The molecular weight excluding hydrogens is 437 g/mol. The molecule has 1 unspecified atom stereocenters. The van der Waals surface area contributed by atoms with Gasteiger partial charge in [0.25, 0.3) is 0 Å². The molecule has 9 heteroatoms. The fraction of sp³-hybridized carbons (Fsp3) is 0.500. The van der Waals surface area contributed by atoms with E-state index < -0.39 is 15.8 Å². The minimum absolute atomic E-state index is 0.0244. The first kappa shape index (κ1) is 22.4. The van der Waals surface area contributed by atoms with E-state index >= 15 is 0 Å². The molecule has 1 atom stereocenters. The van der Waals surface area contributed by atoms with Gasteiger partial charge >= 0.3 is 0 Å². The van der Waals surface area contributed by atoms with Gasteiger partial charge in [-0.25, -0.2) is 12.8 Å². The number of likely N-dealkylation sites (tertiary alicyclic amines) is 1. The molecule has 0 aliphatic carbocycles. The van der Waals surface area contributed by atoms with Crippen LogP contribution < -0.4 is 5.32 Å². The van der Waals surface area contributed by atoms with Crippen LogP contribution in [0.3, 0.4) is 0 Å². The van der Waals surface area contributed by atoms with Crippen molar-refractivity contribution in [2.24, 2.45) is 5.92 Å². The highest BCUT2D eigenvalue weighted by molar-refractivity contribution is 7.89. The second-order valence-corrected chi connectivity index (χ2v) is 11.0. The lowest BCUT2D eigenvalue weighted by Crippen LogP contribution is -2.44. The van der Waals surface area contributed by atoms with Crippen molar-refractivity contribution in [1.29, 1.82) is 0 Å². The molecule has 2 fully saturated rings. The highest BCUT2D eigenvalue weighted by Crippen LogP contribution is 2.29. The first-order valence-corrected chi connectivity index (χ1v) is 13.1. The predicted molar refractivity (Wildman–Crippen MR) is 119 cm³/mol. The summed E-state index contributed by atoms with van der Waals surface area (Å²) < 4.78 is 40.8. The second-order valence-electron chi connectivity index (χ2n) is 8.13. The summed E-state index contributed by atoms with van der Waals surface area (Å²) in [6, 6.07) is 9.76. The Labute approximate surface area is 187 Å². The number of benzene rings is 1. The Kier molecular flexibility index (Phi) is 7.05. The number of piperidine rings is 1. The van der Waals surface area contributed by atoms with E-state index in [1.165, 1.54) is 40.2 Å². The molecule has 1 aromatic carbocycles. The Hall–Kier alpha value is -1.81. The zero-order valence-corrected chi connectivity index (χ0v) is 19.0. The number of carbonyl (C=O) groups is 1. The number of hydrogen-bond acceptors (Lipinski definition) is 5. The van der Waals surface area contributed by atoms with Crippen molar-refractivity contribution in [2.75, 3.05) is 32.7 Å². The molecule has 4 rings (SSSR count). The Morgan fingerprint density at radius 2 is 1.81 bits per heavy atom. The number of thiophene rings is 1. The average Bonchev–Trinajstić information content (AvgIpc) is 3.49. The highest BCUT2D eigenvalue weighted by Gasteiger charge is 2.34. The van der Waals surface area contributed by atoms with Crippen LogP contribution in [0, 0.1) is 11.7 Å². The summed E-state index contributed by atoms with van der Waals surface area (Å²) in [5, 5.41) is 5.17. The molecule has 0 spiro atoms. The minimum atomic E-state index is -3.89. The molecule has 1 amide bonds. The smallest absolute Gasteiger partial charge is 0.245 e. The van der Waals surface area contributed by atoms with Crippen molar-refractivity contribution in [3.8, 4) is 0 Å². The van der Waals surface area contributed by atoms with E-state index in [0.29, 0.717) is 19.4 Å². The Bertz CT molecular complexity index is 983. The molecule has 2 saturated heterocycles. The third kappa shape index (κ3) is 5.00. The van der Waals surface area contributed by atoms with Crippen LogP contribution in [-0.2, 0) is 14.8 Å². The molecule has 6 nitrogen and oxygen atoms in total. The number of halogens is 1. The fourth-order valence-electron chi connectivity index (χ4n) is 4.44. The van der Waals surface area contributed by atoms with E-state index in [0.717, 1.165) is 19.2 Å². The number of nitrogens with one attached hydrogen (secondary N) is 1. The van der Waals surface area contributed by atoms with Gasteiger partial charge in [-0.15, -0.1) is 11.3 Å². The van der Waals surface area contributed by atoms with Gasteiger partial charge in [0.1, 0.15) is 10.7 Å². The molecular formula is C22H28FN3O3S2. The number of carbonyl (C=O) groups excluding carboxylic acids is 1. The standard InChI is InChI=1S/C22H28FN3O3S2/c23-18-6-1-2-8-21(18)31(28,29)26-13-9-17(10-14-26)22(27)24-16-19(20-7-5-15-30-20)25-11-3-4-12-25/h1-2,5-8,15,17,19H,3-4,9-14,16H2,(H,24,27). The van der Waals surface area contributed by atoms with E-state index in [9.17, 15) is 17.6 Å². The summed E-state index contributed by atoms with van der Waals surface area (Å²) in [7, 11) is -3.89. The molecule has 31 heavy (non-hydrogen) atoms. The number of hydrogen-bond donors (Lipinski definition) is 1. The number of sulfonamides is 1. The normalized spacial score (nSPS) is 20.0. The molecule has 1 N–H and O–H groups in total. The van der Waals surface area contributed by atoms with E-state index in [1.54, 1.807) is 11.3 Å². The van der Waals surface area contributed by atoms with E-state index in [2.05, 4.69) is 21.7 Å². The largest absolute Gasteiger partial charge is 0.354 e. The van der Waals surface area contributed by atoms with Crippen molar-refractivity contribution < 1.29 is 17.6 Å². The summed E-state index contributed by atoms with van der Waals surface area (Å²) in [6.45, 7) is 3.09. The van der Waals surface area contributed by atoms with Crippen LogP contribution in [-0.4, -0.2) is 56.3 Å². The lowest BCUT2D eigenvalue weighted by atomic mass is 9.97. The maximum absolute atomic E-state index is 14.0. The van der Waals surface area contributed by atoms with Crippen molar-refractivity contribution in [3.05, 3.63) is 52.5 Å². The second kappa shape index (κ2) is 9.77. The molecule has 2 aliphatic heterocycles.